The maximum atomic E-state index is 15.6. The Morgan fingerprint density at radius 2 is 1.86 bits per heavy atom. The van der Waals surface area contributed by atoms with Crippen LogP contribution in [0.1, 0.15) is 124 Å². The molecule has 2 heterocycles. The number of nitrogens with two attached hydrogens (primary N) is 1. The van der Waals surface area contributed by atoms with Gasteiger partial charge in [-0.05, 0) is 118 Å². The summed E-state index contributed by atoms with van der Waals surface area (Å²) in [6.07, 6.45) is 9.86. The fourth-order valence-electron chi connectivity index (χ4n) is 13.1. The number of fused-ring (bicyclic) bond motifs is 4. The van der Waals surface area contributed by atoms with Gasteiger partial charge in [-0.15, -0.1) is 11.8 Å². The van der Waals surface area contributed by atoms with E-state index >= 15 is 4.79 Å². The van der Waals surface area contributed by atoms with Gasteiger partial charge in [0.05, 0.1) is 59.5 Å². The molecule has 6 aliphatic carbocycles. The summed E-state index contributed by atoms with van der Waals surface area (Å²) in [6, 6.07) is 0. The van der Waals surface area contributed by atoms with Crippen LogP contribution in [0.5, 0.6) is 0 Å². The van der Waals surface area contributed by atoms with Gasteiger partial charge < -0.3 is 51.7 Å². The van der Waals surface area contributed by atoms with Crippen LogP contribution < -0.4 is 16.4 Å². The van der Waals surface area contributed by atoms with Gasteiger partial charge in [-0.1, -0.05) is 45.6 Å². The summed E-state index contributed by atoms with van der Waals surface area (Å²) in [5.74, 6) is 5.99. The highest BCUT2D eigenvalue weighted by Crippen LogP contribution is 2.74. The smallest absolute Gasteiger partial charge is 0.186 e. The van der Waals surface area contributed by atoms with Crippen molar-refractivity contribution in [1.29, 1.82) is 0 Å². The Labute approximate surface area is 333 Å². The van der Waals surface area contributed by atoms with Crippen LogP contribution in [-0.2, 0) is 9.53 Å². The summed E-state index contributed by atoms with van der Waals surface area (Å²) in [6.45, 7) is 8.30. The van der Waals surface area contributed by atoms with Gasteiger partial charge in [0, 0.05) is 31.0 Å². The number of aliphatic hydroxyl groups is 6. The molecule has 0 aromatic carbocycles. The second-order valence-corrected chi connectivity index (χ2v) is 19.2. The number of allylic oxidation sites excluding steroid dienone is 3. The van der Waals surface area contributed by atoms with Crippen LogP contribution in [0.25, 0.3) is 0 Å². The lowest BCUT2D eigenvalue weighted by molar-refractivity contribution is -0.208. The topological polar surface area (TPSA) is 198 Å². The second kappa shape index (κ2) is 15.7. The van der Waals surface area contributed by atoms with Crippen LogP contribution in [-0.4, -0.2) is 97.5 Å². The summed E-state index contributed by atoms with van der Waals surface area (Å²) in [5.41, 5.74) is 1.68. The largest absolute Gasteiger partial charge is 0.392 e. The van der Waals surface area contributed by atoms with Gasteiger partial charge in [-0.3, -0.25) is 4.79 Å². The predicted octanol–water partition coefficient (Wildman–Crippen LogP) is 3.46. The van der Waals surface area contributed by atoms with E-state index in [2.05, 4.69) is 36.3 Å². The van der Waals surface area contributed by atoms with Crippen LogP contribution in [0, 0.1) is 51.8 Å². The van der Waals surface area contributed by atoms with Crippen molar-refractivity contribution in [3.05, 3.63) is 35.2 Å². The lowest BCUT2D eigenvalue weighted by Gasteiger charge is -2.67. The van der Waals surface area contributed by atoms with Gasteiger partial charge >= 0.3 is 0 Å². The number of hydrogen-bond donors (Lipinski definition) is 9. The average molecular weight is 780 g/mol. The first-order chi connectivity index (χ1) is 26.6. The number of ether oxygens (including phenoxy) is 1. The lowest BCUT2D eigenvalue weighted by atomic mass is 9.37. The van der Waals surface area contributed by atoms with Crippen molar-refractivity contribution < 1.29 is 40.2 Å². The van der Waals surface area contributed by atoms with Crippen molar-refractivity contribution in [1.82, 2.24) is 10.6 Å². The molecule has 4 fully saturated rings. The van der Waals surface area contributed by atoms with Gasteiger partial charge in [0.25, 0.3) is 0 Å². The number of dihydropyridines is 1. The minimum atomic E-state index is -1.65. The van der Waals surface area contributed by atoms with Crippen molar-refractivity contribution >= 4 is 5.78 Å². The number of carbonyl (C=O) groups is 1. The van der Waals surface area contributed by atoms with Crippen LogP contribution in [0.2, 0.25) is 0 Å². The van der Waals surface area contributed by atoms with E-state index in [9.17, 15) is 30.6 Å². The van der Waals surface area contributed by atoms with Crippen molar-refractivity contribution in [2.45, 2.75) is 172 Å². The molecule has 0 amide bonds. The number of rotatable bonds is 14. The SMILES string of the molecule is CCCCCC[C@@H]1CO[C@@H]([C@@H](O)[C@](C)(O)[C@H]2CC[C@@]3(O)C4=C(NC[C@H](C)O)C(=O)[C@@]56CC#CC[C@@]23CC[C@@H]4[C@@]5(CCC2=CNC(N)C=C2)C[C@H](O)[C@H](O)C6)[C@H]1C. The molecular formula is C45H69N3O8. The molecule has 3 saturated carbocycles. The molecule has 312 valence electrons. The summed E-state index contributed by atoms with van der Waals surface area (Å²) in [4.78, 5) is 15.6. The Balaban J connectivity index is 1.31. The average Bonchev–Trinajstić information content (AvgIpc) is 3.69. The third-order valence-corrected chi connectivity index (χ3v) is 16.2. The molecule has 11 heteroatoms. The molecule has 1 unspecified atom stereocenters. The van der Waals surface area contributed by atoms with Gasteiger partial charge in [-0.2, -0.15) is 0 Å². The van der Waals surface area contributed by atoms with Crippen LogP contribution in [0.4, 0.5) is 0 Å². The number of unbranched alkanes of at least 4 members (excludes halogenated alkanes) is 3. The molecular weight excluding hydrogens is 711 g/mol. The van der Waals surface area contributed by atoms with Gasteiger partial charge in [0.1, 0.15) is 6.10 Å². The Morgan fingerprint density at radius 3 is 2.57 bits per heavy atom. The number of nitrogens with one attached hydrogen (secondary N) is 2. The first-order valence-corrected chi connectivity index (χ1v) is 21.7. The van der Waals surface area contributed by atoms with Gasteiger partial charge in [0.2, 0.25) is 0 Å². The predicted molar refractivity (Wildman–Crippen MR) is 213 cm³/mol. The van der Waals surface area contributed by atoms with Crippen molar-refractivity contribution in [3.8, 4) is 11.8 Å². The molecule has 0 aromatic rings. The van der Waals surface area contributed by atoms with Crippen LogP contribution >= 0.6 is 0 Å². The first-order valence-electron chi connectivity index (χ1n) is 21.7. The van der Waals surface area contributed by atoms with E-state index < -0.39 is 63.9 Å². The molecule has 8 rings (SSSR count). The van der Waals surface area contributed by atoms with E-state index in [1.807, 2.05) is 18.4 Å². The molecule has 15 atom stereocenters. The zero-order valence-corrected chi connectivity index (χ0v) is 34.1. The molecule has 8 aliphatic rings. The van der Waals surface area contributed by atoms with Crippen molar-refractivity contribution in [3.63, 3.8) is 0 Å². The van der Waals surface area contributed by atoms with Gasteiger partial charge in [-0.25, -0.2) is 0 Å². The highest BCUT2D eigenvalue weighted by Gasteiger charge is 2.75. The van der Waals surface area contributed by atoms with Crippen molar-refractivity contribution in [2.75, 3.05) is 13.2 Å². The van der Waals surface area contributed by atoms with Gasteiger partial charge in [0.15, 0.2) is 5.78 Å². The molecule has 0 aromatic heterocycles. The first kappa shape index (κ1) is 41.9. The van der Waals surface area contributed by atoms with Crippen LogP contribution in [0.3, 0.4) is 0 Å². The molecule has 11 nitrogen and oxygen atoms in total. The molecule has 2 spiro atoms. The summed E-state index contributed by atoms with van der Waals surface area (Å²) in [5, 5.41) is 78.5. The van der Waals surface area contributed by atoms with E-state index in [1.54, 1.807) is 13.8 Å². The quantitative estimate of drug-likeness (QED) is 0.0925. The van der Waals surface area contributed by atoms with E-state index in [4.69, 9.17) is 10.5 Å². The third kappa shape index (κ3) is 6.53. The molecule has 10 N–H and O–H groups in total. The number of hydrogen-bond acceptors (Lipinski definition) is 11. The number of Topliss-reactive ketones (excluding diaryl/α,β-unsaturated/α-hetero) is 1. The summed E-state index contributed by atoms with van der Waals surface area (Å²) in [7, 11) is 0. The molecule has 0 radical (unpaired) electrons. The highest BCUT2D eigenvalue weighted by atomic mass is 16.5. The second-order valence-electron chi connectivity index (χ2n) is 19.2. The Hall–Kier alpha value is -2.27. The molecule has 56 heavy (non-hydrogen) atoms. The van der Waals surface area contributed by atoms with E-state index in [-0.39, 0.29) is 68.1 Å². The zero-order chi connectivity index (χ0) is 40.3. The van der Waals surface area contributed by atoms with Crippen LogP contribution in [0.15, 0.2) is 35.2 Å². The van der Waals surface area contributed by atoms with Crippen molar-refractivity contribution in [2.24, 2.45) is 45.7 Å². The Kier molecular flexibility index (Phi) is 11.8. The summed E-state index contributed by atoms with van der Waals surface area (Å²) >= 11 is 0. The fraction of sp³-hybridized carbons (Fsp3) is 0.800. The van der Waals surface area contributed by atoms with E-state index in [0.717, 1.165) is 18.4 Å². The normalized spacial score (nSPS) is 43.6. The number of aliphatic hydroxyl groups excluding tert-OH is 4. The molecule has 4 bridgehead atoms. The Bertz CT molecular complexity index is 1650. The van der Waals surface area contributed by atoms with E-state index in [0.29, 0.717) is 50.2 Å². The number of carbonyl (C=O) groups excluding carboxylic acids is 1. The monoisotopic (exact) mass is 780 g/mol. The minimum absolute atomic E-state index is 0.0373. The standard InChI is InChI=1S/C45H69N3O8/c1-5-6-7-8-11-30-26-56-38(28(30)3)40(53)41(4,54)34-16-21-45(55)36-31-15-20-42(34,45)17-9-10-18-44(39(52)37(36)48-24-27(2)49)23-33(51)32(50)22-43(31,44)19-14-29-12-13-35(46)47-25-29/h12-13,25,27-28,30-35,38,40,47-51,53-55H,5-8,11,14-24,26,46H2,1-4H3/t27-,28-,30+,31-,32-,33+,34+,35?,38+,40+,41+,42+,43+,44-,45+/m0/s1. The van der Waals surface area contributed by atoms with E-state index in [1.165, 1.54) is 19.3 Å². The third-order valence-electron chi connectivity index (χ3n) is 16.2. The maximum Gasteiger partial charge on any atom is 0.186 e. The highest BCUT2D eigenvalue weighted by molar-refractivity contribution is 6.03. The molecule has 1 saturated heterocycles. The maximum absolute atomic E-state index is 15.6. The summed E-state index contributed by atoms with van der Waals surface area (Å²) < 4.78 is 6.32. The Morgan fingerprint density at radius 1 is 1.11 bits per heavy atom. The number of ketones is 1. The fourth-order valence-corrected chi connectivity index (χ4v) is 13.1. The minimum Gasteiger partial charge on any atom is -0.392 e. The lowest BCUT2D eigenvalue weighted by Crippen LogP contribution is -2.69. The molecule has 2 aliphatic heterocycles. The zero-order valence-electron chi connectivity index (χ0n) is 34.1.